The molecule has 2 heterocycles. The van der Waals surface area contributed by atoms with Crippen molar-refractivity contribution in [1.29, 1.82) is 0 Å². The van der Waals surface area contributed by atoms with Crippen LogP contribution in [0.1, 0.15) is 37.7 Å². The molecule has 138 valence electrons. The highest BCUT2D eigenvalue weighted by Crippen LogP contribution is 2.31. The number of likely N-dealkylation sites (N-methyl/N-ethyl adjacent to an activating group) is 1. The van der Waals surface area contributed by atoms with Crippen molar-refractivity contribution < 1.29 is 4.74 Å². The molecule has 3 aliphatic rings. The van der Waals surface area contributed by atoms with Crippen LogP contribution in [0.2, 0.25) is 0 Å². The van der Waals surface area contributed by atoms with Gasteiger partial charge in [-0.2, -0.15) is 0 Å². The molecule has 26 heavy (non-hydrogen) atoms. The first-order valence-electron chi connectivity index (χ1n) is 9.62. The molecule has 0 atom stereocenters. The normalized spacial score (nSPS) is 22.7. The van der Waals surface area contributed by atoms with Crippen LogP contribution in [0.25, 0.3) is 5.57 Å². The molecule has 1 aliphatic carbocycles. The third kappa shape index (κ3) is 3.70. The van der Waals surface area contributed by atoms with E-state index in [-0.39, 0.29) is 0 Å². The smallest absolute Gasteiger partial charge is 0.119 e. The molecular weight excluding hydrogens is 344 g/mol. The SMILES string of the molecule is C=C1C(Cl)=CC(c2ccc(OC3CCN(C4CCC4)CC3)cc2)=CN1C. The van der Waals surface area contributed by atoms with Crippen LogP contribution < -0.4 is 4.74 Å². The van der Waals surface area contributed by atoms with Crippen LogP contribution >= 0.6 is 11.6 Å². The number of hydrogen-bond acceptors (Lipinski definition) is 3. The summed E-state index contributed by atoms with van der Waals surface area (Å²) in [5.74, 6) is 0.958. The van der Waals surface area contributed by atoms with E-state index >= 15 is 0 Å². The van der Waals surface area contributed by atoms with Crippen molar-refractivity contribution in [2.45, 2.75) is 44.2 Å². The molecule has 0 aromatic heterocycles. The zero-order chi connectivity index (χ0) is 18.1. The Labute approximate surface area is 161 Å². The minimum absolute atomic E-state index is 0.342. The number of hydrogen-bond donors (Lipinski definition) is 0. The number of allylic oxidation sites excluding steroid dienone is 3. The largest absolute Gasteiger partial charge is 0.490 e. The number of likely N-dealkylation sites (tertiary alicyclic amines) is 1. The van der Waals surface area contributed by atoms with Crippen LogP contribution in [0.4, 0.5) is 0 Å². The molecule has 0 bridgehead atoms. The highest BCUT2D eigenvalue weighted by atomic mass is 35.5. The summed E-state index contributed by atoms with van der Waals surface area (Å²) < 4.78 is 6.22. The molecule has 0 N–H and O–H groups in total. The third-order valence-electron chi connectivity index (χ3n) is 5.87. The van der Waals surface area contributed by atoms with E-state index in [2.05, 4.69) is 41.9 Å². The predicted molar refractivity (Wildman–Crippen MR) is 108 cm³/mol. The highest BCUT2D eigenvalue weighted by molar-refractivity contribution is 6.32. The molecule has 4 heteroatoms. The summed E-state index contributed by atoms with van der Waals surface area (Å²) >= 11 is 6.27. The van der Waals surface area contributed by atoms with E-state index in [9.17, 15) is 0 Å². The quantitative estimate of drug-likeness (QED) is 0.741. The predicted octanol–water partition coefficient (Wildman–Crippen LogP) is 5.01. The van der Waals surface area contributed by atoms with Gasteiger partial charge < -0.3 is 14.5 Å². The minimum Gasteiger partial charge on any atom is -0.490 e. The fourth-order valence-electron chi connectivity index (χ4n) is 3.90. The molecule has 2 aliphatic heterocycles. The molecule has 0 radical (unpaired) electrons. The summed E-state index contributed by atoms with van der Waals surface area (Å²) in [4.78, 5) is 4.61. The van der Waals surface area contributed by atoms with Gasteiger partial charge in [0.05, 0.1) is 10.7 Å². The highest BCUT2D eigenvalue weighted by Gasteiger charge is 2.29. The Morgan fingerprint density at radius 1 is 1.08 bits per heavy atom. The van der Waals surface area contributed by atoms with E-state index in [1.54, 1.807) is 0 Å². The van der Waals surface area contributed by atoms with Crippen molar-refractivity contribution in [3.8, 4) is 5.75 Å². The van der Waals surface area contributed by atoms with Gasteiger partial charge in [-0.1, -0.05) is 36.7 Å². The fraction of sp³-hybridized carbons (Fsp3) is 0.455. The lowest BCUT2D eigenvalue weighted by Crippen LogP contribution is -2.46. The summed E-state index contributed by atoms with van der Waals surface area (Å²) in [5, 5.41) is 0.684. The van der Waals surface area contributed by atoms with Crippen LogP contribution in [-0.4, -0.2) is 42.1 Å². The minimum atomic E-state index is 0.342. The monoisotopic (exact) mass is 370 g/mol. The van der Waals surface area contributed by atoms with E-state index in [1.165, 1.54) is 32.4 Å². The van der Waals surface area contributed by atoms with Gasteiger partial charge in [-0.05, 0) is 55.0 Å². The van der Waals surface area contributed by atoms with Gasteiger partial charge in [-0.25, -0.2) is 0 Å². The molecule has 2 fully saturated rings. The Morgan fingerprint density at radius 3 is 2.35 bits per heavy atom. The summed E-state index contributed by atoms with van der Waals surface area (Å²) in [6, 6.07) is 9.20. The maximum Gasteiger partial charge on any atom is 0.119 e. The number of ether oxygens (including phenoxy) is 1. The molecule has 1 saturated carbocycles. The maximum absolute atomic E-state index is 6.27. The summed E-state index contributed by atoms with van der Waals surface area (Å²) in [5.41, 5.74) is 3.04. The number of rotatable bonds is 4. The van der Waals surface area contributed by atoms with Crippen molar-refractivity contribution in [1.82, 2.24) is 9.80 Å². The van der Waals surface area contributed by atoms with Crippen LogP contribution in [0.5, 0.6) is 5.75 Å². The lowest BCUT2D eigenvalue weighted by atomic mass is 9.90. The topological polar surface area (TPSA) is 15.7 Å². The van der Waals surface area contributed by atoms with Crippen LogP contribution in [-0.2, 0) is 0 Å². The average Bonchev–Trinajstić information content (AvgIpc) is 2.60. The van der Waals surface area contributed by atoms with Crippen LogP contribution in [0.3, 0.4) is 0 Å². The van der Waals surface area contributed by atoms with Gasteiger partial charge in [-0.3, -0.25) is 0 Å². The second kappa shape index (κ2) is 7.50. The number of halogens is 1. The number of nitrogens with zero attached hydrogens (tertiary/aromatic N) is 2. The van der Waals surface area contributed by atoms with Gasteiger partial charge in [0.1, 0.15) is 11.9 Å². The Bertz CT molecular complexity index is 725. The molecule has 0 amide bonds. The second-order valence-corrected chi connectivity index (χ2v) is 8.00. The Morgan fingerprint density at radius 2 is 1.77 bits per heavy atom. The molecule has 0 unspecified atom stereocenters. The summed E-state index contributed by atoms with van der Waals surface area (Å²) in [6.07, 6.45) is 10.8. The molecule has 0 spiro atoms. The van der Waals surface area contributed by atoms with Crippen molar-refractivity contribution in [3.05, 3.63) is 59.4 Å². The van der Waals surface area contributed by atoms with Gasteiger partial charge in [0.2, 0.25) is 0 Å². The lowest BCUT2D eigenvalue weighted by Gasteiger charge is -2.41. The molecular formula is C22H27ClN2O. The van der Waals surface area contributed by atoms with Crippen LogP contribution in [0, 0.1) is 0 Å². The van der Waals surface area contributed by atoms with E-state index in [0.717, 1.165) is 41.5 Å². The van der Waals surface area contributed by atoms with Gasteiger partial charge in [-0.15, -0.1) is 0 Å². The Hall–Kier alpha value is -1.71. The molecule has 1 aromatic rings. The zero-order valence-corrected chi connectivity index (χ0v) is 16.2. The van der Waals surface area contributed by atoms with Gasteiger partial charge in [0.25, 0.3) is 0 Å². The van der Waals surface area contributed by atoms with Crippen molar-refractivity contribution in [2.75, 3.05) is 20.1 Å². The first-order valence-corrected chi connectivity index (χ1v) is 10.0. The van der Waals surface area contributed by atoms with E-state index in [0.29, 0.717) is 11.1 Å². The number of benzene rings is 1. The third-order valence-corrected chi connectivity index (χ3v) is 6.20. The first kappa shape index (κ1) is 17.7. The van der Waals surface area contributed by atoms with Crippen molar-refractivity contribution in [3.63, 3.8) is 0 Å². The van der Waals surface area contributed by atoms with E-state index in [1.807, 2.05) is 18.0 Å². The van der Waals surface area contributed by atoms with E-state index in [4.69, 9.17) is 16.3 Å². The average molecular weight is 371 g/mol. The Balaban J connectivity index is 1.35. The van der Waals surface area contributed by atoms with Gasteiger partial charge in [0, 0.05) is 32.4 Å². The molecule has 1 aromatic carbocycles. The Kier molecular flexibility index (Phi) is 5.10. The van der Waals surface area contributed by atoms with Gasteiger partial charge >= 0.3 is 0 Å². The summed E-state index contributed by atoms with van der Waals surface area (Å²) in [6.45, 7) is 6.33. The van der Waals surface area contributed by atoms with E-state index < -0.39 is 0 Å². The maximum atomic E-state index is 6.27. The number of piperidine rings is 1. The first-order chi connectivity index (χ1) is 12.6. The summed E-state index contributed by atoms with van der Waals surface area (Å²) in [7, 11) is 1.96. The van der Waals surface area contributed by atoms with Gasteiger partial charge in [0.15, 0.2) is 0 Å². The van der Waals surface area contributed by atoms with Crippen molar-refractivity contribution >= 4 is 17.2 Å². The lowest BCUT2D eigenvalue weighted by molar-refractivity contribution is 0.0493. The standard InChI is InChI=1S/C22H27ClN2O/c1-16-22(23)14-18(15-24(16)2)17-6-8-20(9-7-17)26-21-10-12-25(13-11-21)19-4-3-5-19/h6-9,14-15,19,21H,1,3-5,10-13H2,2H3. The second-order valence-electron chi connectivity index (χ2n) is 7.60. The zero-order valence-electron chi connectivity index (χ0n) is 15.5. The molecule has 4 rings (SSSR count). The molecule has 3 nitrogen and oxygen atoms in total. The van der Waals surface area contributed by atoms with Crippen molar-refractivity contribution in [2.24, 2.45) is 0 Å². The fourth-order valence-corrected chi connectivity index (χ4v) is 4.15. The van der Waals surface area contributed by atoms with Crippen LogP contribution in [0.15, 0.2) is 53.8 Å². The molecule has 1 saturated heterocycles.